The van der Waals surface area contributed by atoms with Gasteiger partial charge in [-0.15, -0.1) is 4.48 Å². The van der Waals surface area contributed by atoms with Crippen molar-refractivity contribution in [3.8, 4) is 0 Å². The second kappa shape index (κ2) is 1.80. The van der Waals surface area contributed by atoms with Gasteiger partial charge in [-0.2, -0.15) is 0 Å². The lowest BCUT2D eigenvalue weighted by atomic mass is 10.6. The summed E-state index contributed by atoms with van der Waals surface area (Å²) in [4.78, 5) is 0. The van der Waals surface area contributed by atoms with E-state index >= 15 is 0 Å². The molecule has 0 heterocycles. The SMILES string of the molecule is C=C(C)N(C)F. The molecule has 0 amide bonds. The van der Waals surface area contributed by atoms with Crippen LogP contribution in [-0.4, -0.2) is 12.2 Å². The molecule has 6 heavy (non-hydrogen) atoms. The Balaban J connectivity index is 3.26. The fraction of sp³-hybridized carbons (Fsp3) is 0.500. The summed E-state index contributed by atoms with van der Waals surface area (Å²) in [6, 6.07) is 0. The van der Waals surface area contributed by atoms with E-state index in [4.69, 9.17) is 0 Å². The topological polar surface area (TPSA) is 3.24 Å². The fourth-order valence-electron chi connectivity index (χ4n) is 0. The Hall–Kier alpha value is -0.530. The maximum absolute atomic E-state index is 11.6. The minimum Gasteiger partial charge on any atom is -0.220 e. The number of nitrogens with zero attached hydrogens (tertiary/aromatic N) is 1. The Bertz CT molecular complexity index is 58.6. The van der Waals surface area contributed by atoms with Gasteiger partial charge in [-0.3, -0.25) is 0 Å². The van der Waals surface area contributed by atoms with Crippen molar-refractivity contribution in [1.82, 2.24) is 5.12 Å². The molecule has 0 aliphatic rings. The molecule has 36 valence electrons. The Labute approximate surface area is 37.0 Å². The summed E-state index contributed by atoms with van der Waals surface area (Å²) < 4.78 is 11.6. The highest BCUT2D eigenvalue weighted by Crippen LogP contribution is 1.92. The lowest BCUT2D eigenvalue weighted by Gasteiger charge is -2.01. The molecule has 0 saturated heterocycles. The zero-order chi connectivity index (χ0) is 5.15. The molecule has 0 saturated carbocycles. The summed E-state index contributed by atoms with van der Waals surface area (Å²) in [7, 11) is 1.31. The van der Waals surface area contributed by atoms with Gasteiger partial charge in [0.2, 0.25) is 0 Å². The van der Waals surface area contributed by atoms with E-state index in [1.807, 2.05) is 0 Å². The number of allylic oxidation sites excluding steroid dienone is 1. The Morgan fingerprint density at radius 1 is 1.83 bits per heavy atom. The first kappa shape index (κ1) is 5.47. The van der Waals surface area contributed by atoms with Crippen molar-refractivity contribution in [2.75, 3.05) is 7.05 Å². The third kappa shape index (κ3) is 1.76. The van der Waals surface area contributed by atoms with E-state index in [2.05, 4.69) is 6.58 Å². The first-order chi connectivity index (χ1) is 2.64. The second-order valence-electron chi connectivity index (χ2n) is 1.21. The molecule has 0 radical (unpaired) electrons. The van der Waals surface area contributed by atoms with Gasteiger partial charge in [0.15, 0.2) is 0 Å². The molecule has 0 bridgehead atoms. The molecule has 0 aromatic rings. The molecule has 0 fully saturated rings. The van der Waals surface area contributed by atoms with Gasteiger partial charge in [0.25, 0.3) is 0 Å². The van der Waals surface area contributed by atoms with Gasteiger partial charge in [0.1, 0.15) is 0 Å². The maximum atomic E-state index is 11.6. The summed E-state index contributed by atoms with van der Waals surface area (Å²) in [6.45, 7) is 4.90. The smallest absolute Gasteiger partial charge is 0.0390 e. The van der Waals surface area contributed by atoms with Gasteiger partial charge < -0.3 is 0 Å². The molecule has 0 aliphatic carbocycles. The van der Waals surface area contributed by atoms with Crippen LogP contribution >= 0.6 is 0 Å². The normalized spacial score (nSPS) is 7.83. The van der Waals surface area contributed by atoms with Crippen molar-refractivity contribution in [2.45, 2.75) is 6.92 Å². The number of halogens is 1. The minimum atomic E-state index is 0.426. The van der Waals surface area contributed by atoms with Crippen molar-refractivity contribution in [3.05, 3.63) is 12.3 Å². The van der Waals surface area contributed by atoms with Crippen molar-refractivity contribution in [2.24, 2.45) is 0 Å². The average Bonchev–Trinajstić information content (AvgIpc) is 1.36. The molecule has 0 aliphatic heterocycles. The summed E-state index contributed by atoms with van der Waals surface area (Å²) in [6.07, 6.45) is 0. The van der Waals surface area contributed by atoms with E-state index in [0.717, 1.165) is 0 Å². The summed E-state index contributed by atoms with van der Waals surface area (Å²) in [5.74, 6) is 0. The van der Waals surface area contributed by atoms with Crippen molar-refractivity contribution >= 4 is 0 Å². The van der Waals surface area contributed by atoms with E-state index < -0.39 is 0 Å². The Morgan fingerprint density at radius 3 is 2.00 bits per heavy atom. The van der Waals surface area contributed by atoms with Crippen LogP contribution in [0.5, 0.6) is 0 Å². The molecule has 0 aromatic carbocycles. The number of hydrogen-bond donors (Lipinski definition) is 0. The molecule has 0 N–H and O–H groups in total. The van der Waals surface area contributed by atoms with Crippen LogP contribution < -0.4 is 0 Å². The van der Waals surface area contributed by atoms with E-state index in [1.165, 1.54) is 7.05 Å². The molecule has 0 aromatic heterocycles. The lowest BCUT2D eigenvalue weighted by molar-refractivity contribution is 0.109. The van der Waals surface area contributed by atoms with Gasteiger partial charge in [0, 0.05) is 12.7 Å². The van der Waals surface area contributed by atoms with Crippen LogP contribution in [0.4, 0.5) is 4.48 Å². The zero-order valence-corrected chi connectivity index (χ0v) is 4.03. The van der Waals surface area contributed by atoms with Crippen LogP contribution in [0.25, 0.3) is 0 Å². The maximum Gasteiger partial charge on any atom is 0.0390 e. The number of hydrogen-bond acceptors (Lipinski definition) is 1. The molecule has 0 rings (SSSR count). The predicted octanol–water partition coefficient (Wildman–Crippen LogP) is 1.34. The first-order valence-corrected chi connectivity index (χ1v) is 1.69. The van der Waals surface area contributed by atoms with E-state index in [-0.39, 0.29) is 0 Å². The van der Waals surface area contributed by atoms with Crippen LogP contribution in [0.2, 0.25) is 0 Å². The van der Waals surface area contributed by atoms with Gasteiger partial charge in [0.05, 0.1) is 0 Å². The standard InChI is InChI=1S/C4H8FN/c1-4(2)6(3)5/h1H2,2-3H3. The summed E-state index contributed by atoms with van der Waals surface area (Å²) in [5.41, 5.74) is 0.426. The quantitative estimate of drug-likeness (QED) is 0.438. The van der Waals surface area contributed by atoms with Crippen molar-refractivity contribution < 1.29 is 4.48 Å². The Kier molecular flexibility index (Phi) is 1.64. The van der Waals surface area contributed by atoms with Gasteiger partial charge in [-0.25, -0.2) is 5.12 Å². The first-order valence-electron chi connectivity index (χ1n) is 1.69. The van der Waals surface area contributed by atoms with Crippen LogP contribution in [-0.2, 0) is 0 Å². The van der Waals surface area contributed by atoms with E-state index in [9.17, 15) is 4.48 Å². The third-order valence-electron chi connectivity index (χ3n) is 0.526. The van der Waals surface area contributed by atoms with E-state index in [1.54, 1.807) is 6.92 Å². The van der Waals surface area contributed by atoms with E-state index in [0.29, 0.717) is 10.8 Å². The lowest BCUT2D eigenvalue weighted by Crippen LogP contribution is -1.99. The summed E-state index contributed by atoms with van der Waals surface area (Å²) in [5, 5.41) is 0.472. The fourth-order valence-corrected chi connectivity index (χ4v) is 0. The van der Waals surface area contributed by atoms with Gasteiger partial charge in [-0.1, -0.05) is 6.58 Å². The van der Waals surface area contributed by atoms with Crippen LogP contribution in [0.15, 0.2) is 12.3 Å². The largest absolute Gasteiger partial charge is 0.220 e. The molecular weight excluding hydrogens is 81.0 g/mol. The highest BCUT2D eigenvalue weighted by Gasteiger charge is 1.84. The van der Waals surface area contributed by atoms with Crippen LogP contribution in [0.3, 0.4) is 0 Å². The second-order valence-corrected chi connectivity index (χ2v) is 1.21. The van der Waals surface area contributed by atoms with Crippen LogP contribution in [0.1, 0.15) is 6.92 Å². The minimum absolute atomic E-state index is 0.426. The molecule has 2 heteroatoms. The Morgan fingerprint density at radius 2 is 2.00 bits per heavy atom. The predicted molar refractivity (Wildman–Crippen MR) is 23.7 cm³/mol. The monoisotopic (exact) mass is 89.1 g/mol. The highest BCUT2D eigenvalue weighted by atomic mass is 19.2. The molecule has 0 unspecified atom stereocenters. The molecular formula is C4H8FN. The number of rotatable bonds is 1. The molecule has 1 nitrogen and oxygen atoms in total. The van der Waals surface area contributed by atoms with Crippen molar-refractivity contribution in [3.63, 3.8) is 0 Å². The summed E-state index contributed by atoms with van der Waals surface area (Å²) >= 11 is 0. The third-order valence-corrected chi connectivity index (χ3v) is 0.526. The van der Waals surface area contributed by atoms with Gasteiger partial charge >= 0.3 is 0 Å². The average molecular weight is 89.1 g/mol. The van der Waals surface area contributed by atoms with Crippen LogP contribution in [0, 0.1) is 0 Å². The molecule has 0 atom stereocenters. The highest BCUT2D eigenvalue weighted by molar-refractivity contribution is 4.80. The zero-order valence-electron chi connectivity index (χ0n) is 4.03. The van der Waals surface area contributed by atoms with Crippen molar-refractivity contribution in [1.29, 1.82) is 0 Å². The van der Waals surface area contributed by atoms with Gasteiger partial charge in [-0.05, 0) is 6.92 Å². The molecule has 0 spiro atoms.